The molecule has 0 aromatic heterocycles. The standard InChI is InChI=1S/C12H17BrO7/c1-6(14)17-5-10-12(19-8(3)16)9(18-7(2)15)4-11(13)20-10/h9-12H,4-5H2,1-3H3/t9-,10+,11-,12+/m0/s1. The number of rotatable bonds is 4. The van der Waals surface area contributed by atoms with Gasteiger partial charge in [0.2, 0.25) is 0 Å². The lowest BCUT2D eigenvalue weighted by Crippen LogP contribution is -2.52. The predicted molar refractivity (Wildman–Crippen MR) is 69.9 cm³/mol. The van der Waals surface area contributed by atoms with Gasteiger partial charge in [-0.1, -0.05) is 15.9 Å². The van der Waals surface area contributed by atoms with Crippen LogP contribution in [0, 0.1) is 0 Å². The van der Waals surface area contributed by atoms with Crippen molar-refractivity contribution in [1.82, 2.24) is 0 Å². The van der Waals surface area contributed by atoms with Gasteiger partial charge in [-0.25, -0.2) is 0 Å². The first-order valence-corrected chi connectivity index (χ1v) is 6.98. The molecule has 0 amide bonds. The summed E-state index contributed by atoms with van der Waals surface area (Å²) >= 11 is 3.27. The average Bonchev–Trinajstić information content (AvgIpc) is 2.28. The van der Waals surface area contributed by atoms with Crippen molar-refractivity contribution in [2.75, 3.05) is 6.61 Å². The average molecular weight is 353 g/mol. The van der Waals surface area contributed by atoms with Crippen LogP contribution in [0.4, 0.5) is 0 Å². The van der Waals surface area contributed by atoms with E-state index in [9.17, 15) is 14.4 Å². The first kappa shape index (κ1) is 16.9. The molecule has 20 heavy (non-hydrogen) atoms. The number of hydrogen-bond donors (Lipinski definition) is 0. The van der Waals surface area contributed by atoms with E-state index in [0.717, 1.165) is 0 Å². The van der Waals surface area contributed by atoms with Gasteiger partial charge in [-0.15, -0.1) is 0 Å². The van der Waals surface area contributed by atoms with Gasteiger partial charge in [-0.3, -0.25) is 14.4 Å². The monoisotopic (exact) mass is 352 g/mol. The molecule has 1 fully saturated rings. The quantitative estimate of drug-likeness (QED) is 0.422. The molecule has 0 aromatic carbocycles. The van der Waals surface area contributed by atoms with E-state index >= 15 is 0 Å². The van der Waals surface area contributed by atoms with Crippen molar-refractivity contribution in [3.63, 3.8) is 0 Å². The van der Waals surface area contributed by atoms with E-state index in [4.69, 9.17) is 18.9 Å². The predicted octanol–water partition coefficient (Wildman–Crippen LogP) is 0.923. The summed E-state index contributed by atoms with van der Waals surface area (Å²) in [7, 11) is 0. The van der Waals surface area contributed by atoms with Crippen molar-refractivity contribution in [3.05, 3.63) is 0 Å². The lowest BCUT2D eigenvalue weighted by molar-refractivity contribution is -0.203. The second-order valence-corrected chi connectivity index (χ2v) is 5.37. The fourth-order valence-electron chi connectivity index (χ4n) is 1.88. The Balaban J connectivity index is 2.82. The van der Waals surface area contributed by atoms with Crippen LogP contribution >= 0.6 is 15.9 Å². The molecule has 1 saturated heterocycles. The van der Waals surface area contributed by atoms with Crippen molar-refractivity contribution in [2.45, 2.75) is 50.5 Å². The zero-order chi connectivity index (χ0) is 15.3. The number of esters is 3. The maximum Gasteiger partial charge on any atom is 0.303 e. The van der Waals surface area contributed by atoms with Crippen LogP contribution in [0.2, 0.25) is 0 Å². The van der Waals surface area contributed by atoms with Crippen LogP contribution in [0.15, 0.2) is 0 Å². The van der Waals surface area contributed by atoms with Crippen molar-refractivity contribution in [3.8, 4) is 0 Å². The smallest absolute Gasteiger partial charge is 0.303 e. The van der Waals surface area contributed by atoms with Gasteiger partial charge in [0.15, 0.2) is 6.10 Å². The third-order valence-corrected chi connectivity index (χ3v) is 3.13. The minimum Gasteiger partial charge on any atom is -0.463 e. The molecule has 0 N–H and O–H groups in total. The van der Waals surface area contributed by atoms with Crippen molar-refractivity contribution >= 4 is 33.8 Å². The van der Waals surface area contributed by atoms with Crippen LogP contribution in [-0.4, -0.2) is 47.8 Å². The third kappa shape index (κ3) is 5.46. The highest BCUT2D eigenvalue weighted by atomic mass is 79.9. The molecule has 0 unspecified atom stereocenters. The molecule has 1 aliphatic rings. The van der Waals surface area contributed by atoms with Crippen molar-refractivity contribution in [1.29, 1.82) is 0 Å². The number of carbonyl (C=O) groups excluding carboxylic acids is 3. The van der Waals surface area contributed by atoms with Gasteiger partial charge in [-0.05, 0) is 0 Å². The number of halogens is 1. The molecule has 1 aliphatic heterocycles. The van der Waals surface area contributed by atoms with Gasteiger partial charge >= 0.3 is 17.9 Å². The second kappa shape index (κ2) is 7.58. The molecule has 4 atom stereocenters. The van der Waals surface area contributed by atoms with E-state index in [1.165, 1.54) is 20.8 Å². The minimum absolute atomic E-state index is 0.0901. The SMILES string of the molecule is CC(=O)OC[C@H]1O[C@H](Br)C[C@H](OC(C)=O)[C@H]1OC(C)=O. The van der Waals surface area contributed by atoms with Gasteiger partial charge in [0.25, 0.3) is 0 Å². The Kier molecular flexibility index (Phi) is 6.41. The summed E-state index contributed by atoms with van der Waals surface area (Å²) in [6.45, 7) is 3.69. The Hall–Kier alpha value is -1.15. The summed E-state index contributed by atoms with van der Waals surface area (Å²) in [5.41, 5.74) is 0. The van der Waals surface area contributed by atoms with Crippen LogP contribution in [0.25, 0.3) is 0 Å². The van der Waals surface area contributed by atoms with Crippen molar-refractivity contribution in [2.24, 2.45) is 0 Å². The molecule has 8 heteroatoms. The topological polar surface area (TPSA) is 88.1 Å². The summed E-state index contributed by atoms with van der Waals surface area (Å²) < 4.78 is 20.7. The van der Waals surface area contributed by atoms with E-state index in [1.807, 2.05) is 0 Å². The number of alkyl halides is 1. The van der Waals surface area contributed by atoms with Crippen LogP contribution in [-0.2, 0) is 33.3 Å². The van der Waals surface area contributed by atoms with Gasteiger partial charge in [0.1, 0.15) is 23.8 Å². The normalized spacial score (nSPS) is 29.4. The van der Waals surface area contributed by atoms with Crippen LogP contribution in [0.5, 0.6) is 0 Å². The Bertz CT molecular complexity index is 384. The molecule has 0 saturated carbocycles. The molecule has 114 valence electrons. The van der Waals surface area contributed by atoms with E-state index < -0.39 is 36.2 Å². The molecular formula is C12H17BrO7. The zero-order valence-electron chi connectivity index (χ0n) is 11.5. The third-order valence-electron chi connectivity index (χ3n) is 2.54. The minimum atomic E-state index is -0.815. The lowest BCUT2D eigenvalue weighted by Gasteiger charge is -2.38. The molecule has 0 aromatic rings. The molecule has 1 heterocycles. The highest BCUT2D eigenvalue weighted by Crippen LogP contribution is 2.28. The van der Waals surface area contributed by atoms with Crippen LogP contribution < -0.4 is 0 Å². The zero-order valence-corrected chi connectivity index (χ0v) is 13.0. The molecule has 0 aliphatic carbocycles. The Labute approximate surface area is 125 Å². The van der Waals surface area contributed by atoms with Gasteiger partial charge in [0, 0.05) is 27.2 Å². The van der Waals surface area contributed by atoms with Crippen LogP contribution in [0.1, 0.15) is 27.2 Å². The number of hydrogen-bond acceptors (Lipinski definition) is 7. The van der Waals surface area contributed by atoms with E-state index in [1.54, 1.807) is 0 Å². The molecule has 0 radical (unpaired) electrons. The highest BCUT2D eigenvalue weighted by Gasteiger charge is 2.42. The first-order valence-electron chi connectivity index (χ1n) is 6.07. The summed E-state index contributed by atoms with van der Waals surface area (Å²) in [5.74, 6) is -1.49. The van der Waals surface area contributed by atoms with E-state index in [0.29, 0.717) is 6.42 Å². The first-order chi connectivity index (χ1) is 9.29. The van der Waals surface area contributed by atoms with Crippen molar-refractivity contribution < 1.29 is 33.3 Å². The summed E-state index contributed by atoms with van der Waals surface area (Å²) in [6, 6.07) is 0. The number of carbonyl (C=O) groups is 3. The van der Waals surface area contributed by atoms with Crippen LogP contribution in [0.3, 0.4) is 0 Å². The van der Waals surface area contributed by atoms with Gasteiger partial charge < -0.3 is 18.9 Å². The number of ether oxygens (including phenoxy) is 4. The summed E-state index contributed by atoms with van der Waals surface area (Å²) in [5, 5.41) is -0.390. The molecule has 0 bridgehead atoms. The van der Waals surface area contributed by atoms with Gasteiger partial charge in [0.05, 0.1) is 0 Å². The second-order valence-electron chi connectivity index (χ2n) is 4.34. The summed E-state index contributed by atoms with van der Waals surface area (Å²) in [4.78, 5) is 33.2. The maximum absolute atomic E-state index is 11.2. The molecule has 0 spiro atoms. The lowest BCUT2D eigenvalue weighted by atomic mass is 10.0. The Morgan fingerprint density at radius 3 is 2.20 bits per heavy atom. The van der Waals surface area contributed by atoms with E-state index in [-0.39, 0.29) is 11.6 Å². The van der Waals surface area contributed by atoms with E-state index in [2.05, 4.69) is 15.9 Å². The Morgan fingerprint density at radius 2 is 1.70 bits per heavy atom. The fourth-order valence-corrected chi connectivity index (χ4v) is 2.53. The molecule has 1 rings (SSSR count). The van der Waals surface area contributed by atoms with Gasteiger partial charge in [-0.2, -0.15) is 0 Å². The fraction of sp³-hybridized carbons (Fsp3) is 0.750. The largest absolute Gasteiger partial charge is 0.463 e. The maximum atomic E-state index is 11.2. The Morgan fingerprint density at radius 1 is 1.10 bits per heavy atom. The molecular weight excluding hydrogens is 336 g/mol. The summed E-state index contributed by atoms with van der Waals surface area (Å²) in [6.07, 6.45) is -1.85. The molecule has 7 nitrogen and oxygen atoms in total. The highest BCUT2D eigenvalue weighted by molar-refractivity contribution is 9.09.